The van der Waals surface area contributed by atoms with E-state index in [2.05, 4.69) is 15.3 Å². The van der Waals surface area contributed by atoms with Gasteiger partial charge in [-0.3, -0.25) is 4.79 Å². The number of imidazole rings is 1. The number of nitrogens with one attached hydrogen (secondary N) is 2. The summed E-state index contributed by atoms with van der Waals surface area (Å²) in [6.45, 7) is 4.38. The van der Waals surface area contributed by atoms with Crippen molar-refractivity contribution in [3.63, 3.8) is 0 Å². The molecule has 2 heterocycles. The van der Waals surface area contributed by atoms with E-state index in [1.54, 1.807) is 31.6 Å². The third-order valence-electron chi connectivity index (χ3n) is 5.24. The average Bonchev–Trinajstić information content (AvgIpc) is 3.31. The van der Waals surface area contributed by atoms with E-state index in [4.69, 9.17) is 27.9 Å². The Morgan fingerprint density at radius 2 is 2.03 bits per heavy atom. The molecule has 0 fully saturated rings. The maximum atomic E-state index is 12.7. The second-order valence-electron chi connectivity index (χ2n) is 7.35. The molecule has 31 heavy (non-hydrogen) atoms. The molecular weight excluding hydrogens is 435 g/mol. The molecule has 0 radical (unpaired) electrons. The summed E-state index contributed by atoms with van der Waals surface area (Å²) in [5.74, 6) is 0.432. The number of hydrogen-bond acceptors (Lipinski definition) is 3. The van der Waals surface area contributed by atoms with Crippen molar-refractivity contribution in [3.8, 4) is 11.4 Å². The second-order valence-corrected chi connectivity index (χ2v) is 8.20. The van der Waals surface area contributed by atoms with Crippen LogP contribution < -0.4 is 10.1 Å². The van der Waals surface area contributed by atoms with Crippen LogP contribution >= 0.6 is 23.2 Å². The number of amides is 1. The third kappa shape index (κ3) is 4.27. The summed E-state index contributed by atoms with van der Waals surface area (Å²) in [5, 5.41) is 5.13. The molecule has 0 spiro atoms. The fourth-order valence-corrected chi connectivity index (χ4v) is 4.25. The summed E-state index contributed by atoms with van der Waals surface area (Å²) < 4.78 is 7.36. The molecule has 2 N–H and O–H groups in total. The number of carbonyl (C=O) groups is 1. The molecule has 2 aromatic carbocycles. The minimum atomic E-state index is -0.166. The van der Waals surface area contributed by atoms with Gasteiger partial charge in [-0.15, -0.1) is 0 Å². The molecular formula is C23H22Cl2N4O2. The summed E-state index contributed by atoms with van der Waals surface area (Å²) in [6.07, 6.45) is 4.27. The first-order valence-electron chi connectivity index (χ1n) is 9.80. The third-order valence-corrected chi connectivity index (χ3v) is 5.75. The van der Waals surface area contributed by atoms with Gasteiger partial charge in [-0.1, -0.05) is 23.2 Å². The molecule has 4 rings (SSSR count). The van der Waals surface area contributed by atoms with Gasteiger partial charge < -0.3 is 19.6 Å². The molecule has 0 saturated carbocycles. The summed E-state index contributed by atoms with van der Waals surface area (Å²) in [7, 11) is 1.58. The van der Waals surface area contributed by atoms with Gasteiger partial charge in [-0.25, -0.2) is 4.98 Å². The lowest BCUT2D eigenvalue weighted by molar-refractivity contribution is 0.0954. The molecule has 0 aliphatic rings. The Kier molecular flexibility index (Phi) is 5.94. The van der Waals surface area contributed by atoms with E-state index in [1.807, 2.05) is 36.7 Å². The second kappa shape index (κ2) is 8.65. The number of aryl methyl sites for hydroxylation is 2. The molecule has 0 aliphatic heterocycles. The smallest absolute Gasteiger partial charge is 0.251 e. The summed E-state index contributed by atoms with van der Waals surface area (Å²) in [4.78, 5) is 20.3. The number of H-pyrrole nitrogens is 1. The number of rotatable bonds is 6. The van der Waals surface area contributed by atoms with E-state index < -0.39 is 0 Å². The molecule has 0 atom stereocenters. The van der Waals surface area contributed by atoms with E-state index in [-0.39, 0.29) is 5.91 Å². The van der Waals surface area contributed by atoms with Gasteiger partial charge in [0.05, 0.1) is 35.4 Å². The number of ether oxygens (including phenoxy) is 1. The largest absolute Gasteiger partial charge is 0.495 e. The Labute approximate surface area is 190 Å². The van der Waals surface area contributed by atoms with Gasteiger partial charge in [0, 0.05) is 34.4 Å². The summed E-state index contributed by atoms with van der Waals surface area (Å²) >= 11 is 12.5. The molecule has 0 bridgehead atoms. The molecule has 8 heteroatoms. The number of carbonyl (C=O) groups excluding carboxylic acids is 1. The van der Waals surface area contributed by atoms with Crippen LogP contribution in [0, 0.1) is 13.8 Å². The van der Waals surface area contributed by atoms with Crippen molar-refractivity contribution in [2.24, 2.45) is 0 Å². The van der Waals surface area contributed by atoms with Gasteiger partial charge in [0.25, 0.3) is 5.91 Å². The monoisotopic (exact) mass is 456 g/mol. The van der Waals surface area contributed by atoms with Crippen molar-refractivity contribution >= 4 is 40.0 Å². The molecule has 0 aliphatic carbocycles. The van der Waals surface area contributed by atoms with E-state index in [0.717, 1.165) is 33.5 Å². The van der Waals surface area contributed by atoms with Crippen LogP contribution in [0.5, 0.6) is 5.75 Å². The van der Waals surface area contributed by atoms with Crippen molar-refractivity contribution < 1.29 is 9.53 Å². The highest BCUT2D eigenvalue weighted by Crippen LogP contribution is 2.31. The van der Waals surface area contributed by atoms with Crippen molar-refractivity contribution in [2.75, 3.05) is 13.7 Å². The first kappa shape index (κ1) is 21.3. The number of fused-ring (bicyclic) bond motifs is 1. The van der Waals surface area contributed by atoms with Crippen LogP contribution in [0.4, 0.5) is 0 Å². The van der Waals surface area contributed by atoms with E-state index in [9.17, 15) is 4.79 Å². The van der Waals surface area contributed by atoms with Crippen LogP contribution in [0.2, 0.25) is 10.0 Å². The predicted octanol–water partition coefficient (Wildman–Crippen LogP) is 5.26. The fraction of sp³-hybridized carbons (Fsp3) is 0.217. The molecule has 160 valence electrons. The first-order chi connectivity index (χ1) is 14.9. The maximum absolute atomic E-state index is 12.7. The lowest BCUT2D eigenvalue weighted by Crippen LogP contribution is -2.25. The molecule has 0 unspecified atom stereocenters. The highest BCUT2D eigenvalue weighted by Gasteiger charge is 2.14. The van der Waals surface area contributed by atoms with Gasteiger partial charge in [-0.05, 0) is 56.2 Å². The van der Waals surface area contributed by atoms with Crippen LogP contribution in [0.15, 0.2) is 42.9 Å². The first-order valence-corrected chi connectivity index (χ1v) is 10.6. The van der Waals surface area contributed by atoms with Crippen LogP contribution in [-0.2, 0) is 6.42 Å². The number of hydrogen-bond donors (Lipinski definition) is 2. The number of nitrogens with zero attached hydrogens (tertiary/aromatic N) is 2. The van der Waals surface area contributed by atoms with E-state index in [1.165, 1.54) is 0 Å². The number of benzene rings is 2. The van der Waals surface area contributed by atoms with Gasteiger partial charge in [0.1, 0.15) is 5.75 Å². The van der Waals surface area contributed by atoms with Crippen molar-refractivity contribution in [3.05, 3.63) is 75.4 Å². The zero-order chi connectivity index (χ0) is 22.1. The Morgan fingerprint density at radius 1 is 1.23 bits per heavy atom. The zero-order valence-electron chi connectivity index (χ0n) is 17.4. The van der Waals surface area contributed by atoms with Crippen LogP contribution in [0.1, 0.15) is 27.3 Å². The minimum absolute atomic E-state index is 0.166. The molecule has 0 saturated heterocycles. The van der Waals surface area contributed by atoms with Gasteiger partial charge in [0.15, 0.2) is 0 Å². The molecule has 1 amide bonds. The normalized spacial score (nSPS) is 11.1. The van der Waals surface area contributed by atoms with Crippen LogP contribution in [0.25, 0.3) is 16.6 Å². The van der Waals surface area contributed by atoms with Crippen molar-refractivity contribution in [2.45, 2.75) is 20.3 Å². The van der Waals surface area contributed by atoms with Gasteiger partial charge in [-0.2, -0.15) is 0 Å². The number of aromatic nitrogens is 3. The standard InChI is InChI=1S/C23H22Cl2N4O2/c1-13-11-29(12-27-13)20-5-4-15(8-21(20)31-3)23(30)26-7-6-17-14(2)28-22-18(17)9-16(24)10-19(22)25/h4-5,8-12,28H,6-7H2,1-3H3,(H,26,30). The van der Waals surface area contributed by atoms with Crippen LogP contribution in [0.3, 0.4) is 0 Å². The maximum Gasteiger partial charge on any atom is 0.251 e. The van der Waals surface area contributed by atoms with E-state index >= 15 is 0 Å². The van der Waals surface area contributed by atoms with E-state index in [0.29, 0.717) is 34.3 Å². The highest BCUT2D eigenvalue weighted by atomic mass is 35.5. The Balaban J connectivity index is 1.48. The van der Waals surface area contributed by atoms with Gasteiger partial charge in [0.2, 0.25) is 0 Å². The number of methoxy groups -OCH3 is 1. The Hall–Kier alpha value is -2.96. The molecule has 4 aromatic rings. The zero-order valence-corrected chi connectivity index (χ0v) is 18.9. The quantitative estimate of drug-likeness (QED) is 0.415. The molecule has 2 aromatic heterocycles. The fourth-order valence-electron chi connectivity index (χ4n) is 3.71. The Bertz CT molecular complexity index is 1280. The van der Waals surface area contributed by atoms with Crippen molar-refractivity contribution in [1.29, 1.82) is 0 Å². The summed E-state index contributed by atoms with van der Waals surface area (Å²) in [5.41, 5.74) is 5.21. The summed E-state index contributed by atoms with van der Waals surface area (Å²) in [6, 6.07) is 8.97. The van der Waals surface area contributed by atoms with Gasteiger partial charge >= 0.3 is 0 Å². The SMILES string of the molecule is COc1cc(C(=O)NCCc2c(C)[nH]c3c(Cl)cc(Cl)cc23)ccc1-n1cnc(C)c1. The Morgan fingerprint density at radius 3 is 2.74 bits per heavy atom. The predicted molar refractivity (Wildman–Crippen MR) is 124 cm³/mol. The number of aromatic amines is 1. The number of halogens is 2. The lowest BCUT2D eigenvalue weighted by Gasteiger charge is -2.12. The topological polar surface area (TPSA) is 71.9 Å². The van der Waals surface area contributed by atoms with Crippen LogP contribution in [-0.4, -0.2) is 34.1 Å². The lowest BCUT2D eigenvalue weighted by atomic mass is 10.1. The highest BCUT2D eigenvalue weighted by molar-refractivity contribution is 6.38. The molecule has 6 nitrogen and oxygen atoms in total. The van der Waals surface area contributed by atoms with Crippen molar-refractivity contribution in [1.82, 2.24) is 19.9 Å². The minimum Gasteiger partial charge on any atom is -0.495 e. The average molecular weight is 457 g/mol.